The summed E-state index contributed by atoms with van der Waals surface area (Å²) in [5, 5.41) is 10.5. The summed E-state index contributed by atoms with van der Waals surface area (Å²) in [4.78, 5) is 18.2. The highest BCUT2D eigenvalue weighted by Crippen LogP contribution is 2.28. The van der Waals surface area contributed by atoms with Crippen LogP contribution in [0.15, 0.2) is 17.4 Å². The van der Waals surface area contributed by atoms with Gasteiger partial charge in [-0.05, 0) is 12.8 Å². The highest BCUT2D eigenvalue weighted by atomic mass is 16.5. The van der Waals surface area contributed by atoms with E-state index in [0.717, 1.165) is 37.5 Å². The smallest absolute Gasteiger partial charge is 0.223 e. The number of aryl methyl sites for hydroxylation is 1. The maximum Gasteiger partial charge on any atom is 0.223 e. The normalized spacial score (nSPS) is 21.7. The number of nitrogens with zero attached hydrogens (tertiary/aromatic N) is 4. The number of carbonyl (C=O) groups excluding carboxylic acids is 1. The summed E-state index contributed by atoms with van der Waals surface area (Å²) in [7, 11) is 3.68. The van der Waals surface area contributed by atoms with Gasteiger partial charge in [0.25, 0.3) is 0 Å². The van der Waals surface area contributed by atoms with Crippen molar-refractivity contribution in [2.75, 3.05) is 39.8 Å². The molecule has 8 heteroatoms. The van der Waals surface area contributed by atoms with Crippen LogP contribution in [0.25, 0.3) is 0 Å². The molecule has 24 heavy (non-hydrogen) atoms. The molecule has 1 amide bonds. The quantitative estimate of drug-likeness (QED) is 0.446. The fraction of sp³-hybridized carbons (Fsp3) is 0.688. The topological polar surface area (TPSA) is 83.8 Å². The average molecular weight is 334 g/mol. The molecule has 1 aromatic rings. The Morgan fingerprint density at radius 2 is 2.21 bits per heavy atom. The molecular formula is C16H26N6O2. The van der Waals surface area contributed by atoms with Gasteiger partial charge in [0.15, 0.2) is 5.96 Å². The second-order valence-corrected chi connectivity index (χ2v) is 6.29. The minimum absolute atomic E-state index is 0.000527. The lowest BCUT2D eigenvalue weighted by Crippen LogP contribution is -2.49. The number of morpholine rings is 1. The van der Waals surface area contributed by atoms with Gasteiger partial charge in [0.05, 0.1) is 19.3 Å². The van der Waals surface area contributed by atoms with E-state index in [0.29, 0.717) is 19.7 Å². The van der Waals surface area contributed by atoms with E-state index in [2.05, 4.69) is 25.6 Å². The van der Waals surface area contributed by atoms with E-state index >= 15 is 0 Å². The van der Waals surface area contributed by atoms with Crippen molar-refractivity contribution >= 4 is 11.9 Å². The summed E-state index contributed by atoms with van der Waals surface area (Å²) < 4.78 is 7.64. The van der Waals surface area contributed by atoms with Crippen LogP contribution in [0.5, 0.6) is 0 Å². The number of nitrogens with one attached hydrogen (secondary N) is 2. The first-order valence-corrected chi connectivity index (χ1v) is 8.51. The minimum Gasteiger partial charge on any atom is -0.370 e. The van der Waals surface area contributed by atoms with E-state index in [-0.39, 0.29) is 17.9 Å². The highest BCUT2D eigenvalue weighted by Gasteiger charge is 2.29. The number of hydrogen-bond donors (Lipinski definition) is 2. The lowest BCUT2D eigenvalue weighted by atomic mass is 10.1. The molecule has 1 atom stereocenters. The molecule has 3 rings (SSSR count). The molecule has 2 fully saturated rings. The first-order chi connectivity index (χ1) is 11.7. The molecule has 1 aromatic heterocycles. The van der Waals surface area contributed by atoms with Gasteiger partial charge in [0.1, 0.15) is 6.10 Å². The molecule has 1 saturated carbocycles. The van der Waals surface area contributed by atoms with Crippen LogP contribution in [0, 0.1) is 5.92 Å². The Hall–Kier alpha value is -2.09. The fourth-order valence-electron chi connectivity index (χ4n) is 2.83. The highest BCUT2D eigenvalue weighted by molar-refractivity contribution is 5.81. The fourth-order valence-corrected chi connectivity index (χ4v) is 2.83. The van der Waals surface area contributed by atoms with Crippen molar-refractivity contribution in [2.45, 2.75) is 18.9 Å². The Labute approximate surface area is 142 Å². The van der Waals surface area contributed by atoms with Crippen molar-refractivity contribution in [3.63, 3.8) is 0 Å². The Bertz CT molecular complexity index is 595. The van der Waals surface area contributed by atoms with Crippen LogP contribution in [0.3, 0.4) is 0 Å². The van der Waals surface area contributed by atoms with Gasteiger partial charge in [0.2, 0.25) is 5.91 Å². The standard InChI is InChI=1S/C16H26N6O2/c1-17-16(19-6-5-18-15(23)12-3-4-12)22-7-8-24-14(11-22)13-9-20-21(2)10-13/h9-10,12,14H,3-8,11H2,1-2H3,(H,17,19)(H,18,23). The Morgan fingerprint density at radius 1 is 1.42 bits per heavy atom. The molecule has 2 aliphatic rings. The van der Waals surface area contributed by atoms with Crippen molar-refractivity contribution < 1.29 is 9.53 Å². The van der Waals surface area contributed by atoms with Gasteiger partial charge >= 0.3 is 0 Å². The van der Waals surface area contributed by atoms with Crippen molar-refractivity contribution in [1.29, 1.82) is 0 Å². The van der Waals surface area contributed by atoms with Crippen LogP contribution in [-0.4, -0.2) is 66.4 Å². The molecule has 0 aromatic carbocycles. The number of hydrogen-bond acceptors (Lipinski definition) is 4. The second-order valence-electron chi connectivity index (χ2n) is 6.29. The molecule has 0 radical (unpaired) electrons. The average Bonchev–Trinajstić information content (AvgIpc) is 3.36. The molecule has 8 nitrogen and oxygen atoms in total. The van der Waals surface area contributed by atoms with Crippen molar-refractivity contribution in [3.8, 4) is 0 Å². The van der Waals surface area contributed by atoms with Gasteiger partial charge in [-0.3, -0.25) is 14.5 Å². The van der Waals surface area contributed by atoms with E-state index in [1.54, 1.807) is 11.7 Å². The molecule has 2 heterocycles. The SMILES string of the molecule is CN=C(NCCNC(=O)C1CC1)N1CCOC(c2cnn(C)c2)C1. The Kier molecular flexibility index (Phi) is 5.34. The third-order valence-electron chi connectivity index (χ3n) is 4.33. The Balaban J connectivity index is 1.46. The van der Waals surface area contributed by atoms with Crippen LogP contribution >= 0.6 is 0 Å². The zero-order valence-electron chi connectivity index (χ0n) is 14.4. The van der Waals surface area contributed by atoms with Crippen LogP contribution < -0.4 is 10.6 Å². The summed E-state index contributed by atoms with van der Waals surface area (Å²) in [6.07, 6.45) is 5.89. The summed E-state index contributed by atoms with van der Waals surface area (Å²) in [5.41, 5.74) is 1.08. The van der Waals surface area contributed by atoms with Crippen molar-refractivity contribution in [1.82, 2.24) is 25.3 Å². The minimum atomic E-state index is 0.000527. The molecule has 1 unspecified atom stereocenters. The molecule has 0 bridgehead atoms. The third-order valence-corrected chi connectivity index (χ3v) is 4.33. The molecule has 132 valence electrons. The molecule has 1 saturated heterocycles. The largest absolute Gasteiger partial charge is 0.370 e. The maximum atomic E-state index is 11.6. The number of carbonyl (C=O) groups is 1. The summed E-state index contributed by atoms with van der Waals surface area (Å²) in [6, 6.07) is 0. The molecular weight excluding hydrogens is 308 g/mol. The zero-order valence-corrected chi connectivity index (χ0v) is 14.4. The predicted molar refractivity (Wildman–Crippen MR) is 90.6 cm³/mol. The third kappa shape index (κ3) is 4.25. The lowest BCUT2D eigenvalue weighted by Gasteiger charge is -2.34. The monoisotopic (exact) mass is 334 g/mol. The van der Waals surface area contributed by atoms with Crippen molar-refractivity contribution in [2.24, 2.45) is 18.0 Å². The van der Waals surface area contributed by atoms with Crippen LogP contribution in [0.1, 0.15) is 24.5 Å². The van der Waals surface area contributed by atoms with Crippen LogP contribution in [0.4, 0.5) is 0 Å². The maximum absolute atomic E-state index is 11.6. The number of aliphatic imine (C=N–C) groups is 1. The summed E-state index contributed by atoms with van der Waals surface area (Å²) in [6.45, 7) is 3.47. The Morgan fingerprint density at radius 3 is 2.88 bits per heavy atom. The van der Waals surface area contributed by atoms with Gasteiger partial charge < -0.3 is 20.3 Å². The van der Waals surface area contributed by atoms with E-state index in [1.165, 1.54) is 0 Å². The molecule has 2 N–H and O–H groups in total. The van der Waals surface area contributed by atoms with Gasteiger partial charge in [-0.25, -0.2) is 0 Å². The van der Waals surface area contributed by atoms with Gasteiger partial charge in [-0.15, -0.1) is 0 Å². The summed E-state index contributed by atoms with van der Waals surface area (Å²) >= 11 is 0. The number of guanidine groups is 1. The lowest BCUT2D eigenvalue weighted by molar-refractivity contribution is -0.122. The molecule has 0 spiro atoms. The first-order valence-electron chi connectivity index (χ1n) is 8.51. The van der Waals surface area contributed by atoms with E-state index in [9.17, 15) is 4.79 Å². The van der Waals surface area contributed by atoms with Crippen molar-refractivity contribution in [3.05, 3.63) is 18.0 Å². The van der Waals surface area contributed by atoms with Crippen LogP contribution in [0.2, 0.25) is 0 Å². The van der Waals surface area contributed by atoms with Crippen LogP contribution in [-0.2, 0) is 16.6 Å². The number of rotatable bonds is 5. The predicted octanol–water partition coefficient (Wildman–Crippen LogP) is -0.105. The van der Waals surface area contributed by atoms with Gasteiger partial charge in [-0.1, -0.05) is 0 Å². The molecule has 1 aliphatic carbocycles. The number of amides is 1. The number of ether oxygens (including phenoxy) is 1. The van der Waals surface area contributed by atoms with Gasteiger partial charge in [0, 0.05) is 51.4 Å². The summed E-state index contributed by atoms with van der Waals surface area (Å²) in [5.74, 6) is 1.27. The van der Waals surface area contributed by atoms with Gasteiger partial charge in [-0.2, -0.15) is 5.10 Å². The zero-order chi connectivity index (χ0) is 16.9. The van der Waals surface area contributed by atoms with E-state index in [4.69, 9.17) is 4.74 Å². The first kappa shape index (κ1) is 16.8. The number of aromatic nitrogens is 2. The van der Waals surface area contributed by atoms with E-state index < -0.39 is 0 Å². The molecule has 1 aliphatic heterocycles. The second kappa shape index (κ2) is 7.65. The van der Waals surface area contributed by atoms with E-state index in [1.807, 2.05) is 19.4 Å².